The lowest BCUT2D eigenvalue weighted by Crippen LogP contribution is -1.75. The second-order valence-corrected chi connectivity index (χ2v) is 4.72. The van der Waals surface area contributed by atoms with Crippen LogP contribution in [0.1, 0.15) is 0 Å². The number of hydrogen-bond donors (Lipinski definition) is 1. The van der Waals surface area contributed by atoms with Gasteiger partial charge in [-0.05, 0) is 24.3 Å². The van der Waals surface area contributed by atoms with Crippen molar-refractivity contribution in [3.8, 4) is 22.6 Å². The van der Waals surface area contributed by atoms with Gasteiger partial charge < -0.3 is 9.51 Å². The first kappa shape index (κ1) is 11.1. The van der Waals surface area contributed by atoms with Crippen molar-refractivity contribution >= 4 is 10.9 Å². The fourth-order valence-corrected chi connectivity index (χ4v) is 2.36. The molecular formula is C17H12N2O. The fraction of sp³-hybridized carbons (Fsp3) is 0. The number of nitrogens with zero attached hydrogens (tertiary/aromatic N) is 1. The van der Waals surface area contributed by atoms with E-state index in [9.17, 15) is 0 Å². The van der Waals surface area contributed by atoms with Crippen molar-refractivity contribution in [2.24, 2.45) is 0 Å². The van der Waals surface area contributed by atoms with Gasteiger partial charge in [-0.3, -0.25) is 0 Å². The minimum Gasteiger partial charge on any atom is -0.361 e. The third kappa shape index (κ3) is 1.80. The van der Waals surface area contributed by atoms with Crippen LogP contribution in [0.15, 0.2) is 71.4 Å². The summed E-state index contributed by atoms with van der Waals surface area (Å²) in [5.74, 6) is 0.784. The molecule has 4 aromatic rings. The van der Waals surface area contributed by atoms with Crippen molar-refractivity contribution < 1.29 is 4.52 Å². The van der Waals surface area contributed by atoms with Gasteiger partial charge >= 0.3 is 0 Å². The minimum absolute atomic E-state index is 0.784. The van der Waals surface area contributed by atoms with E-state index in [1.54, 1.807) is 0 Å². The van der Waals surface area contributed by atoms with Crippen LogP contribution in [-0.4, -0.2) is 10.1 Å². The van der Waals surface area contributed by atoms with E-state index in [0.717, 1.165) is 28.1 Å². The standard InChI is InChI=1S/C17H12N2O/c1-2-4-12(5-3-1)16-11-17(20-19-16)14-6-7-15-13(10-14)8-9-18-15/h1-11,18H. The average molecular weight is 260 g/mol. The predicted molar refractivity (Wildman–Crippen MR) is 79.2 cm³/mol. The second kappa shape index (κ2) is 4.38. The van der Waals surface area contributed by atoms with Gasteiger partial charge in [0, 0.05) is 34.3 Å². The summed E-state index contributed by atoms with van der Waals surface area (Å²) in [6.45, 7) is 0. The Hall–Kier alpha value is -2.81. The summed E-state index contributed by atoms with van der Waals surface area (Å²) >= 11 is 0. The van der Waals surface area contributed by atoms with Crippen LogP contribution in [0.3, 0.4) is 0 Å². The zero-order chi connectivity index (χ0) is 13.4. The predicted octanol–water partition coefficient (Wildman–Crippen LogP) is 4.49. The van der Waals surface area contributed by atoms with Crippen molar-refractivity contribution in [3.05, 3.63) is 66.9 Å². The van der Waals surface area contributed by atoms with Gasteiger partial charge in [0.2, 0.25) is 0 Å². The molecule has 20 heavy (non-hydrogen) atoms. The van der Waals surface area contributed by atoms with E-state index in [0.29, 0.717) is 0 Å². The van der Waals surface area contributed by atoms with Gasteiger partial charge in [-0.25, -0.2) is 0 Å². The largest absolute Gasteiger partial charge is 0.361 e. The van der Waals surface area contributed by atoms with E-state index >= 15 is 0 Å². The summed E-state index contributed by atoms with van der Waals surface area (Å²) in [6.07, 6.45) is 1.93. The number of aromatic amines is 1. The molecule has 4 rings (SSSR count). The number of hydrogen-bond acceptors (Lipinski definition) is 2. The first-order valence-electron chi connectivity index (χ1n) is 6.50. The number of benzene rings is 2. The molecule has 3 nitrogen and oxygen atoms in total. The van der Waals surface area contributed by atoms with Crippen molar-refractivity contribution in [3.63, 3.8) is 0 Å². The SMILES string of the molecule is c1ccc(-c2cc(-c3ccc4[nH]ccc4c3)on2)cc1. The summed E-state index contributed by atoms with van der Waals surface area (Å²) < 4.78 is 5.47. The Labute approximate surface area is 115 Å². The molecule has 0 aliphatic carbocycles. The van der Waals surface area contributed by atoms with E-state index < -0.39 is 0 Å². The fourth-order valence-electron chi connectivity index (χ4n) is 2.36. The Morgan fingerprint density at radius 3 is 2.65 bits per heavy atom. The Balaban J connectivity index is 1.77. The summed E-state index contributed by atoms with van der Waals surface area (Å²) in [5, 5.41) is 5.31. The Kier molecular flexibility index (Phi) is 2.42. The highest BCUT2D eigenvalue weighted by Gasteiger charge is 2.09. The van der Waals surface area contributed by atoms with E-state index in [1.807, 2.05) is 54.7 Å². The van der Waals surface area contributed by atoms with Crippen LogP contribution < -0.4 is 0 Å². The molecule has 0 spiro atoms. The lowest BCUT2D eigenvalue weighted by Gasteiger charge is -1.95. The topological polar surface area (TPSA) is 41.8 Å². The van der Waals surface area contributed by atoms with Crippen molar-refractivity contribution in [2.75, 3.05) is 0 Å². The maximum atomic E-state index is 5.47. The molecule has 0 atom stereocenters. The van der Waals surface area contributed by atoms with E-state index in [4.69, 9.17) is 4.52 Å². The van der Waals surface area contributed by atoms with Crippen molar-refractivity contribution in [2.45, 2.75) is 0 Å². The normalized spacial score (nSPS) is 11.0. The van der Waals surface area contributed by atoms with Crippen LogP contribution in [0.4, 0.5) is 0 Å². The number of H-pyrrole nitrogens is 1. The first-order valence-corrected chi connectivity index (χ1v) is 6.50. The molecule has 2 aromatic carbocycles. The molecule has 0 unspecified atom stereocenters. The molecule has 0 bridgehead atoms. The minimum atomic E-state index is 0.784. The van der Waals surface area contributed by atoms with Crippen LogP contribution in [-0.2, 0) is 0 Å². The number of fused-ring (bicyclic) bond motifs is 1. The Morgan fingerprint density at radius 1 is 0.850 bits per heavy atom. The molecule has 0 aliphatic heterocycles. The van der Waals surface area contributed by atoms with Gasteiger partial charge in [-0.2, -0.15) is 0 Å². The quantitative estimate of drug-likeness (QED) is 0.577. The highest BCUT2D eigenvalue weighted by atomic mass is 16.5. The van der Waals surface area contributed by atoms with E-state index in [2.05, 4.69) is 22.3 Å². The molecule has 0 amide bonds. The van der Waals surface area contributed by atoms with Gasteiger partial charge in [0.05, 0.1) is 0 Å². The van der Waals surface area contributed by atoms with Gasteiger partial charge in [-0.15, -0.1) is 0 Å². The maximum absolute atomic E-state index is 5.47. The summed E-state index contributed by atoms with van der Waals surface area (Å²) in [5.41, 5.74) is 4.07. The molecule has 96 valence electrons. The van der Waals surface area contributed by atoms with Crippen LogP contribution in [0.2, 0.25) is 0 Å². The monoisotopic (exact) mass is 260 g/mol. The van der Waals surface area contributed by atoms with Crippen LogP contribution in [0.5, 0.6) is 0 Å². The Morgan fingerprint density at radius 2 is 1.75 bits per heavy atom. The summed E-state index contributed by atoms with van der Waals surface area (Å²) in [4.78, 5) is 3.18. The van der Waals surface area contributed by atoms with Crippen LogP contribution in [0, 0.1) is 0 Å². The third-order valence-corrected chi connectivity index (χ3v) is 3.42. The number of aromatic nitrogens is 2. The molecule has 3 heteroatoms. The molecule has 0 radical (unpaired) electrons. The molecule has 2 aromatic heterocycles. The zero-order valence-electron chi connectivity index (χ0n) is 10.7. The van der Waals surface area contributed by atoms with Gasteiger partial charge in [-0.1, -0.05) is 35.5 Å². The van der Waals surface area contributed by atoms with E-state index in [1.165, 1.54) is 5.39 Å². The van der Waals surface area contributed by atoms with Gasteiger partial charge in [0.25, 0.3) is 0 Å². The zero-order valence-corrected chi connectivity index (χ0v) is 10.7. The first-order chi connectivity index (χ1) is 9.90. The Bertz CT molecular complexity index is 859. The molecular weight excluding hydrogens is 248 g/mol. The number of nitrogens with one attached hydrogen (secondary N) is 1. The lowest BCUT2D eigenvalue weighted by molar-refractivity contribution is 0.435. The van der Waals surface area contributed by atoms with Crippen LogP contribution >= 0.6 is 0 Å². The second-order valence-electron chi connectivity index (χ2n) is 4.72. The lowest BCUT2D eigenvalue weighted by atomic mass is 10.1. The maximum Gasteiger partial charge on any atom is 0.167 e. The summed E-state index contributed by atoms with van der Waals surface area (Å²) in [6, 6.07) is 20.2. The molecule has 0 fully saturated rings. The molecule has 0 aliphatic rings. The van der Waals surface area contributed by atoms with Gasteiger partial charge in [0.1, 0.15) is 5.69 Å². The summed E-state index contributed by atoms with van der Waals surface area (Å²) in [7, 11) is 0. The van der Waals surface area contributed by atoms with Gasteiger partial charge in [0.15, 0.2) is 5.76 Å². The molecule has 2 heterocycles. The number of rotatable bonds is 2. The molecule has 0 saturated heterocycles. The smallest absolute Gasteiger partial charge is 0.167 e. The highest BCUT2D eigenvalue weighted by Crippen LogP contribution is 2.27. The van der Waals surface area contributed by atoms with Crippen molar-refractivity contribution in [1.82, 2.24) is 10.1 Å². The van der Waals surface area contributed by atoms with Crippen molar-refractivity contribution in [1.29, 1.82) is 0 Å². The van der Waals surface area contributed by atoms with E-state index in [-0.39, 0.29) is 0 Å². The average Bonchev–Trinajstić information content (AvgIpc) is 3.16. The van der Waals surface area contributed by atoms with Crippen LogP contribution in [0.25, 0.3) is 33.5 Å². The highest BCUT2D eigenvalue weighted by molar-refractivity contribution is 5.84. The molecule has 1 N–H and O–H groups in total. The molecule has 0 saturated carbocycles. The third-order valence-electron chi connectivity index (χ3n) is 3.42.